The summed E-state index contributed by atoms with van der Waals surface area (Å²) in [6, 6.07) is 23.3. The maximum atomic E-state index is 12.6. The molecular formula is C27H26O3. The molecule has 0 atom stereocenters. The van der Waals surface area contributed by atoms with Crippen molar-refractivity contribution in [2.75, 3.05) is 0 Å². The van der Waals surface area contributed by atoms with Crippen molar-refractivity contribution in [2.24, 2.45) is 0 Å². The van der Waals surface area contributed by atoms with Crippen LogP contribution < -0.4 is 4.74 Å². The fraction of sp³-hybridized carbons (Fsp3) is 0.222. The highest BCUT2D eigenvalue weighted by atomic mass is 16.5. The Morgan fingerprint density at radius 2 is 1.40 bits per heavy atom. The monoisotopic (exact) mass is 398 g/mol. The van der Waals surface area contributed by atoms with Crippen molar-refractivity contribution < 1.29 is 14.6 Å². The molecular weight excluding hydrogens is 372 g/mol. The summed E-state index contributed by atoms with van der Waals surface area (Å²) >= 11 is 0. The number of rotatable bonds is 7. The molecule has 0 aliphatic rings. The Bertz CT molecular complexity index is 1190. The molecule has 3 nitrogen and oxygen atoms in total. The quantitative estimate of drug-likeness (QED) is 0.203. The van der Waals surface area contributed by atoms with Gasteiger partial charge >= 0.3 is 5.97 Å². The molecule has 0 heterocycles. The first-order valence-electron chi connectivity index (χ1n) is 10.6. The lowest BCUT2D eigenvalue weighted by Crippen LogP contribution is -2.08. The van der Waals surface area contributed by atoms with Crippen molar-refractivity contribution >= 4 is 27.5 Å². The Hall–Kier alpha value is -3.33. The van der Waals surface area contributed by atoms with Gasteiger partial charge in [0.15, 0.2) is 0 Å². The van der Waals surface area contributed by atoms with Gasteiger partial charge in [-0.15, -0.1) is 0 Å². The first kappa shape index (κ1) is 20.0. The van der Waals surface area contributed by atoms with E-state index < -0.39 is 0 Å². The van der Waals surface area contributed by atoms with Gasteiger partial charge in [-0.2, -0.15) is 0 Å². The third-order valence-electron chi connectivity index (χ3n) is 5.51. The van der Waals surface area contributed by atoms with Crippen molar-refractivity contribution in [3.63, 3.8) is 0 Å². The van der Waals surface area contributed by atoms with Crippen LogP contribution in [0.3, 0.4) is 0 Å². The van der Waals surface area contributed by atoms with E-state index in [1.54, 1.807) is 6.07 Å². The molecule has 4 aromatic rings. The van der Waals surface area contributed by atoms with Crippen LogP contribution in [0, 0.1) is 0 Å². The molecule has 0 aromatic heterocycles. The Morgan fingerprint density at radius 3 is 2.10 bits per heavy atom. The minimum Gasteiger partial charge on any atom is -0.507 e. The highest BCUT2D eigenvalue weighted by molar-refractivity contribution is 6.10. The zero-order valence-corrected chi connectivity index (χ0v) is 17.2. The molecule has 152 valence electrons. The molecule has 0 amide bonds. The summed E-state index contributed by atoms with van der Waals surface area (Å²) in [6.45, 7) is 2.15. The molecule has 0 fully saturated rings. The van der Waals surface area contributed by atoms with Crippen LogP contribution in [0.2, 0.25) is 0 Å². The fourth-order valence-electron chi connectivity index (χ4n) is 3.99. The standard InChI is InChI=1S/C27H26O3/c1-2-3-4-5-14-25(29)30-24-18-16-20-11-7-9-13-22(20)27(24)26-21-12-8-6-10-19(21)15-17-23(26)28/h6-13,15-18,28H,2-5,14H2,1H3. The van der Waals surface area contributed by atoms with Crippen molar-refractivity contribution in [1.29, 1.82) is 0 Å². The molecule has 0 spiro atoms. The minimum atomic E-state index is -0.234. The van der Waals surface area contributed by atoms with Crippen LogP contribution in [-0.4, -0.2) is 11.1 Å². The normalized spacial score (nSPS) is 11.1. The molecule has 0 saturated carbocycles. The van der Waals surface area contributed by atoms with Crippen LogP contribution in [0.5, 0.6) is 11.5 Å². The van der Waals surface area contributed by atoms with Gasteiger partial charge in [0.2, 0.25) is 0 Å². The lowest BCUT2D eigenvalue weighted by Gasteiger charge is -2.16. The van der Waals surface area contributed by atoms with Gasteiger partial charge in [0, 0.05) is 17.5 Å². The number of ether oxygens (including phenoxy) is 1. The van der Waals surface area contributed by atoms with E-state index in [-0.39, 0.29) is 11.7 Å². The summed E-state index contributed by atoms with van der Waals surface area (Å²) in [4.78, 5) is 12.6. The number of phenolic OH excluding ortho intramolecular Hbond substituents is 1. The summed E-state index contributed by atoms with van der Waals surface area (Å²) < 4.78 is 5.84. The molecule has 4 rings (SSSR count). The van der Waals surface area contributed by atoms with E-state index in [2.05, 4.69) is 6.92 Å². The number of phenols is 1. The van der Waals surface area contributed by atoms with Crippen molar-refractivity contribution in [3.05, 3.63) is 72.8 Å². The first-order valence-corrected chi connectivity index (χ1v) is 10.6. The summed E-state index contributed by atoms with van der Waals surface area (Å²) in [5.41, 5.74) is 1.45. The predicted molar refractivity (Wildman–Crippen MR) is 123 cm³/mol. The Labute approximate surface area is 176 Å². The van der Waals surface area contributed by atoms with Crippen molar-refractivity contribution in [1.82, 2.24) is 0 Å². The van der Waals surface area contributed by atoms with Gasteiger partial charge in [-0.25, -0.2) is 0 Å². The molecule has 0 aliphatic heterocycles. The van der Waals surface area contributed by atoms with E-state index in [1.807, 2.05) is 66.7 Å². The number of benzene rings is 4. The first-order chi connectivity index (χ1) is 14.7. The largest absolute Gasteiger partial charge is 0.507 e. The van der Waals surface area contributed by atoms with E-state index in [9.17, 15) is 9.90 Å². The molecule has 0 aliphatic carbocycles. The Kier molecular flexibility index (Phi) is 5.99. The van der Waals surface area contributed by atoms with Crippen LogP contribution >= 0.6 is 0 Å². The van der Waals surface area contributed by atoms with E-state index in [4.69, 9.17) is 4.74 Å². The molecule has 3 heteroatoms. The smallest absolute Gasteiger partial charge is 0.311 e. The van der Waals surface area contributed by atoms with E-state index in [1.165, 1.54) is 0 Å². The number of aromatic hydroxyl groups is 1. The second kappa shape index (κ2) is 9.00. The van der Waals surface area contributed by atoms with Crippen LogP contribution in [0.15, 0.2) is 72.8 Å². The SMILES string of the molecule is CCCCCCC(=O)Oc1ccc2ccccc2c1-c1c(O)ccc2ccccc12. The third kappa shape index (κ3) is 4.02. The molecule has 1 N–H and O–H groups in total. The molecule has 4 aromatic carbocycles. The summed E-state index contributed by atoms with van der Waals surface area (Å²) in [7, 11) is 0. The maximum Gasteiger partial charge on any atom is 0.311 e. The van der Waals surface area contributed by atoms with Gasteiger partial charge in [0.25, 0.3) is 0 Å². The lowest BCUT2D eigenvalue weighted by molar-refractivity contribution is -0.134. The molecule has 0 unspecified atom stereocenters. The number of fused-ring (bicyclic) bond motifs is 2. The minimum absolute atomic E-state index is 0.172. The van der Waals surface area contributed by atoms with E-state index >= 15 is 0 Å². The molecule has 30 heavy (non-hydrogen) atoms. The fourth-order valence-corrected chi connectivity index (χ4v) is 3.99. The van der Waals surface area contributed by atoms with Crippen LogP contribution in [0.4, 0.5) is 0 Å². The van der Waals surface area contributed by atoms with Crippen LogP contribution in [0.25, 0.3) is 32.7 Å². The molecule has 0 saturated heterocycles. The number of carbonyl (C=O) groups is 1. The lowest BCUT2D eigenvalue weighted by atomic mass is 9.92. The van der Waals surface area contributed by atoms with Crippen molar-refractivity contribution in [2.45, 2.75) is 39.0 Å². The zero-order valence-electron chi connectivity index (χ0n) is 17.2. The van der Waals surface area contributed by atoms with Gasteiger partial charge < -0.3 is 9.84 Å². The van der Waals surface area contributed by atoms with E-state index in [0.717, 1.165) is 52.8 Å². The number of hydrogen-bond donors (Lipinski definition) is 1. The molecule has 0 radical (unpaired) electrons. The average Bonchev–Trinajstić information content (AvgIpc) is 2.77. The van der Waals surface area contributed by atoms with Gasteiger partial charge in [0.05, 0.1) is 0 Å². The van der Waals surface area contributed by atoms with Crippen molar-refractivity contribution in [3.8, 4) is 22.6 Å². The number of carbonyl (C=O) groups excluding carboxylic acids is 1. The number of esters is 1. The molecule has 0 bridgehead atoms. The highest BCUT2D eigenvalue weighted by Crippen LogP contribution is 2.45. The number of unbranched alkanes of at least 4 members (excludes halogenated alkanes) is 3. The summed E-state index contributed by atoms with van der Waals surface area (Å²) in [6.07, 6.45) is 4.51. The zero-order chi connectivity index (χ0) is 20.9. The second-order valence-corrected chi connectivity index (χ2v) is 7.63. The second-order valence-electron chi connectivity index (χ2n) is 7.63. The maximum absolute atomic E-state index is 12.6. The Morgan fingerprint density at radius 1 is 0.767 bits per heavy atom. The van der Waals surface area contributed by atoms with Gasteiger partial charge in [-0.3, -0.25) is 4.79 Å². The average molecular weight is 399 g/mol. The van der Waals surface area contributed by atoms with Gasteiger partial charge in [0.1, 0.15) is 11.5 Å². The van der Waals surface area contributed by atoms with Crippen LogP contribution in [0.1, 0.15) is 39.0 Å². The van der Waals surface area contributed by atoms with Gasteiger partial charge in [-0.05, 0) is 40.1 Å². The highest BCUT2D eigenvalue weighted by Gasteiger charge is 2.19. The predicted octanol–water partition coefficient (Wildman–Crippen LogP) is 7.24. The van der Waals surface area contributed by atoms with Gasteiger partial charge in [-0.1, -0.05) is 86.8 Å². The number of hydrogen-bond acceptors (Lipinski definition) is 3. The third-order valence-corrected chi connectivity index (χ3v) is 5.51. The van der Waals surface area contributed by atoms with E-state index in [0.29, 0.717) is 17.7 Å². The summed E-state index contributed by atoms with van der Waals surface area (Å²) in [5, 5.41) is 14.8. The Balaban J connectivity index is 1.84. The van der Waals surface area contributed by atoms with Crippen LogP contribution in [-0.2, 0) is 4.79 Å². The topological polar surface area (TPSA) is 46.5 Å². The summed E-state index contributed by atoms with van der Waals surface area (Å²) in [5.74, 6) is 0.425.